The third-order valence-corrected chi connectivity index (χ3v) is 6.11. The summed E-state index contributed by atoms with van der Waals surface area (Å²) in [6.45, 7) is 8.82. The smallest absolute Gasteiger partial charge is 0.416 e. The molecular formula is C26H36F3N3O4. The maximum Gasteiger partial charge on any atom is 0.416 e. The number of alkyl halides is 3. The molecule has 1 aromatic rings. The molecule has 1 N–H and O–H groups in total. The van der Waals surface area contributed by atoms with Crippen LogP contribution in [-0.2, 0) is 31.7 Å². The van der Waals surface area contributed by atoms with Crippen LogP contribution in [0, 0.1) is 0 Å². The lowest BCUT2D eigenvalue weighted by molar-refractivity contribution is -0.159. The summed E-state index contributed by atoms with van der Waals surface area (Å²) in [6, 6.07) is 2.94. The summed E-state index contributed by atoms with van der Waals surface area (Å²) in [5.74, 6) is -1.39. The second-order valence-electron chi connectivity index (χ2n) is 10.3. The van der Waals surface area contributed by atoms with E-state index in [1.807, 2.05) is 13.8 Å². The number of nitrogens with zero attached hydrogens (tertiary/aromatic N) is 2. The fourth-order valence-corrected chi connectivity index (χ4v) is 4.01. The van der Waals surface area contributed by atoms with Gasteiger partial charge < -0.3 is 19.9 Å². The number of carbonyl (C=O) groups is 3. The Morgan fingerprint density at radius 3 is 2.22 bits per heavy atom. The zero-order valence-corrected chi connectivity index (χ0v) is 22.0. The van der Waals surface area contributed by atoms with Crippen molar-refractivity contribution in [2.24, 2.45) is 0 Å². The van der Waals surface area contributed by atoms with E-state index in [1.54, 1.807) is 27.8 Å². The summed E-state index contributed by atoms with van der Waals surface area (Å²) in [5, 5.41) is 2.99. The zero-order chi connectivity index (χ0) is 27.4. The predicted octanol–water partition coefficient (Wildman–Crippen LogP) is 3.57. The lowest BCUT2D eigenvalue weighted by Gasteiger charge is -2.35. The summed E-state index contributed by atoms with van der Waals surface area (Å²) in [4.78, 5) is 42.1. The van der Waals surface area contributed by atoms with Crippen molar-refractivity contribution < 1.29 is 32.3 Å². The van der Waals surface area contributed by atoms with Crippen molar-refractivity contribution in [3.8, 4) is 0 Å². The Morgan fingerprint density at radius 2 is 1.72 bits per heavy atom. The Kier molecular flexibility index (Phi) is 9.34. The number of benzene rings is 1. The summed E-state index contributed by atoms with van der Waals surface area (Å²) in [5.41, 5.74) is 0.880. The monoisotopic (exact) mass is 511 g/mol. The second kappa shape index (κ2) is 11.5. The molecule has 36 heavy (non-hydrogen) atoms. The van der Waals surface area contributed by atoms with E-state index in [9.17, 15) is 27.6 Å². The molecule has 0 aromatic heterocycles. The van der Waals surface area contributed by atoms with Crippen LogP contribution in [0.2, 0.25) is 0 Å². The first-order chi connectivity index (χ1) is 16.5. The Balaban J connectivity index is 2.42. The number of likely N-dealkylation sites (N-methyl/N-ethyl adjacent to an activating group) is 2. The molecule has 0 unspecified atom stereocenters. The molecule has 7 nitrogen and oxygen atoms in total. The van der Waals surface area contributed by atoms with Gasteiger partial charge in [0.1, 0.15) is 18.2 Å². The first-order valence-corrected chi connectivity index (χ1v) is 11.8. The first kappa shape index (κ1) is 29.4. The van der Waals surface area contributed by atoms with Crippen LogP contribution in [0.1, 0.15) is 52.2 Å². The minimum atomic E-state index is -4.48. The Labute approximate surface area is 210 Å². The van der Waals surface area contributed by atoms with Gasteiger partial charge >= 0.3 is 12.1 Å². The van der Waals surface area contributed by atoms with Crippen molar-refractivity contribution in [1.29, 1.82) is 0 Å². The molecule has 0 radical (unpaired) electrons. The standard InChI is InChI=1S/C26H36F3N3O4/c1-16-12-20(30-6)23(34)32(14-17(16)2)21(13-18-8-10-19(11-9-18)26(27,28)29)24(35)31(7)15-22(33)36-25(3,4)5/h8-11,20-21,30H,12-15H2,1-7H3/t20-,21-/m0/s1. The minimum absolute atomic E-state index is 0.00979. The van der Waals surface area contributed by atoms with Crippen LogP contribution < -0.4 is 5.32 Å². The molecule has 0 fully saturated rings. The molecule has 1 heterocycles. The molecule has 0 bridgehead atoms. The average Bonchev–Trinajstić information content (AvgIpc) is 2.86. The van der Waals surface area contributed by atoms with E-state index in [-0.39, 0.29) is 25.4 Å². The van der Waals surface area contributed by atoms with E-state index in [0.29, 0.717) is 12.0 Å². The topological polar surface area (TPSA) is 79.0 Å². The maximum atomic E-state index is 13.6. The fourth-order valence-electron chi connectivity index (χ4n) is 4.01. The molecule has 1 aliphatic rings. The molecule has 1 aromatic carbocycles. The average molecular weight is 512 g/mol. The molecule has 0 spiro atoms. The minimum Gasteiger partial charge on any atom is -0.459 e. The fraction of sp³-hybridized carbons (Fsp3) is 0.577. The van der Waals surface area contributed by atoms with Gasteiger partial charge in [-0.1, -0.05) is 23.3 Å². The van der Waals surface area contributed by atoms with Crippen molar-refractivity contribution in [2.45, 2.75) is 71.3 Å². The molecule has 0 saturated carbocycles. The zero-order valence-electron chi connectivity index (χ0n) is 22.0. The number of hydrogen-bond donors (Lipinski definition) is 1. The Morgan fingerprint density at radius 1 is 1.14 bits per heavy atom. The van der Waals surface area contributed by atoms with Crippen molar-refractivity contribution in [1.82, 2.24) is 15.1 Å². The van der Waals surface area contributed by atoms with E-state index < -0.39 is 41.3 Å². The summed E-state index contributed by atoms with van der Waals surface area (Å²) < 4.78 is 44.4. The van der Waals surface area contributed by atoms with Crippen LogP contribution in [0.4, 0.5) is 13.2 Å². The Bertz CT molecular complexity index is 997. The van der Waals surface area contributed by atoms with Gasteiger partial charge in [-0.05, 0) is 65.8 Å². The van der Waals surface area contributed by atoms with Crippen LogP contribution in [-0.4, -0.2) is 72.5 Å². The third-order valence-electron chi connectivity index (χ3n) is 6.11. The highest BCUT2D eigenvalue weighted by Crippen LogP contribution is 2.30. The van der Waals surface area contributed by atoms with Crippen LogP contribution in [0.25, 0.3) is 0 Å². The van der Waals surface area contributed by atoms with Gasteiger partial charge in [0, 0.05) is 20.0 Å². The van der Waals surface area contributed by atoms with E-state index >= 15 is 0 Å². The number of hydrogen-bond acceptors (Lipinski definition) is 5. The molecule has 200 valence electrons. The summed E-state index contributed by atoms with van der Waals surface area (Å²) in [6.07, 6.45) is -4.02. The molecule has 0 aliphatic carbocycles. The Hall–Kier alpha value is -2.88. The van der Waals surface area contributed by atoms with Gasteiger partial charge in [0.25, 0.3) is 0 Å². The number of amides is 2. The molecule has 10 heteroatoms. The third kappa shape index (κ3) is 7.81. The van der Waals surface area contributed by atoms with Crippen molar-refractivity contribution in [3.63, 3.8) is 0 Å². The van der Waals surface area contributed by atoms with E-state index in [1.165, 1.54) is 29.0 Å². The SMILES string of the molecule is CN[C@H]1CC(C)=C(C)CN([C@@H](Cc2ccc(C(F)(F)F)cc2)C(=O)N(C)CC(=O)OC(C)(C)C)C1=O. The first-order valence-electron chi connectivity index (χ1n) is 11.8. The molecule has 0 saturated heterocycles. The number of halogens is 3. The van der Waals surface area contributed by atoms with Gasteiger partial charge in [-0.3, -0.25) is 14.4 Å². The maximum absolute atomic E-state index is 13.6. The highest BCUT2D eigenvalue weighted by molar-refractivity contribution is 5.92. The van der Waals surface area contributed by atoms with Crippen LogP contribution >= 0.6 is 0 Å². The van der Waals surface area contributed by atoms with Crippen LogP contribution in [0.5, 0.6) is 0 Å². The van der Waals surface area contributed by atoms with Gasteiger partial charge in [0.15, 0.2) is 0 Å². The molecular weight excluding hydrogens is 475 g/mol. The summed E-state index contributed by atoms with van der Waals surface area (Å²) >= 11 is 0. The van der Waals surface area contributed by atoms with E-state index in [2.05, 4.69) is 5.32 Å². The van der Waals surface area contributed by atoms with E-state index in [4.69, 9.17) is 4.74 Å². The van der Waals surface area contributed by atoms with Gasteiger partial charge in [-0.25, -0.2) is 0 Å². The number of nitrogens with one attached hydrogen (secondary N) is 1. The normalized spacial score (nSPS) is 18.1. The summed E-state index contributed by atoms with van der Waals surface area (Å²) in [7, 11) is 3.10. The van der Waals surface area contributed by atoms with Crippen molar-refractivity contribution >= 4 is 17.8 Å². The number of carbonyl (C=O) groups excluding carboxylic acids is 3. The van der Waals surface area contributed by atoms with Gasteiger partial charge in [-0.15, -0.1) is 0 Å². The van der Waals surface area contributed by atoms with Gasteiger partial charge in [-0.2, -0.15) is 13.2 Å². The highest BCUT2D eigenvalue weighted by atomic mass is 19.4. The quantitative estimate of drug-likeness (QED) is 0.447. The van der Waals surface area contributed by atoms with Crippen LogP contribution in [0.3, 0.4) is 0 Å². The predicted molar refractivity (Wildman–Crippen MR) is 130 cm³/mol. The lowest BCUT2D eigenvalue weighted by Crippen LogP contribution is -2.56. The van der Waals surface area contributed by atoms with Crippen molar-refractivity contribution in [3.05, 3.63) is 46.5 Å². The van der Waals surface area contributed by atoms with Crippen molar-refractivity contribution in [2.75, 3.05) is 27.2 Å². The number of ether oxygens (including phenoxy) is 1. The second-order valence-corrected chi connectivity index (χ2v) is 10.3. The molecule has 2 amide bonds. The molecule has 2 atom stereocenters. The largest absolute Gasteiger partial charge is 0.459 e. The molecule has 1 aliphatic heterocycles. The van der Waals surface area contributed by atoms with E-state index in [0.717, 1.165) is 23.3 Å². The highest BCUT2D eigenvalue weighted by Gasteiger charge is 2.38. The number of esters is 1. The van der Waals surface area contributed by atoms with Gasteiger partial charge in [0.05, 0.1) is 11.6 Å². The van der Waals surface area contributed by atoms with Crippen LogP contribution in [0.15, 0.2) is 35.4 Å². The lowest BCUT2D eigenvalue weighted by atomic mass is 10.0. The molecule has 2 rings (SSSR count). The number of rotatable bonds is 7. The van der Waals surface area contributed by atoms with Gasteiger partial charge in [0.2, 0.25) is 11.8 Å².